The Labute approximate surface area is 174 Å². The Morgan fingerprint density at radius 3 is 1.90 bits per heavy atom. The van der Waals surface area contributed by atoms with Crippen LogP contribution in [0.1, 0.15) is 29.2 Å². The van der Waals surface area contributed by atoms with E-state index < -0.39 is 6.10 Å². The molecule has 3 aromatic carbocycles. The van der Waals surface area contributed by atoms with E-state index in [2.05, 4.69) is 70.5 Å². The first-order chi connectivity index (χ1) is 14.3. The maximum atomic E-state index is 10.9. The molecule has 0 aliphatic carbocycles. The maximum Gasteiger partial charge on any atom is 0.0805 e. The van der Waals surface area contributed by atoms with Crippen LogP contribution in [0.2, 0.25) is 0 Å². The molecule has 0 spiro atoms. The van der Waals surface area contributed by atoms with Crippen molar-refractivity contribution in [3.05, 3.63) is 108 Å². The fourth-order valence-electron chi connectivity index (χ4n) is 4.26. The molecule has 0 saturated carbocycles. The van der Waals surface area contributed by atoms with E-state index in [1.54, 1.807) is 0 Å². The Kier molecular flexibility index (Phi) is 6.73. The predicted molar refractivity (Wildman–Crippen MR) is 118 cm³/mol. The third-order valence-corrected chi connectivity index (χ3v) is 5.85. The highest BCUT2D eigenvalue weighted by Crippen LogP contribution is 2.25. The van der Waals surface area contributed by atoms with Crippen LogP contribution in [-0.2, 0) is 13.1 Å². The molecule has 0 aromatic heterocycles. The van der Waals surface area contributed by atoms with Crippen molar-refractivity contribution in [2.75, 3.05) is 19.6 Å². The number of hydrogen-bond acceptors (Lipinski definition) is 3. The van der Waals surface area contributed by atoms with Crippen molar-refractivity contribution in [3.63, 3.8) is 0 Å². The van der Waals surface area contributed by atoms with E-state index in [0.717, 1.165) is 44.7 Å². The first-order valence-electron chi connectivity index (χ1n) is 10.6. The molecule has 0 amide bonds. The van der Waals surface area contributed by atoms with Crippen LogP contribution in [0.4, 0.5) is 0 Å². The van der Waals surface area contributed by atoms with Gasteiger partial charge in [-0.25, -0.2) is 0 Å². The molecule has 1 heterocycles. The first-order valence-corrected chi connectivity index (χ1v) is 10.6. The lowest BCUT2D eigenvalue weighted by Crippen LogP contribution is -2.52. The molecule has 1 unspecified atom stereocenters. The third kappa shape index (κ3) is 5.54. The molecular formula is C26H30N2O. The zero-order chi connectivity index (χ0) is 19.9. The Hall–Kier alpha value is -2.46. The molecule has 4 rings (SSSR count). The number of aliphatic hydroxyl groups excluding tert-OH is 1. The van der Waals surface area contributed by atoms with E-state index in [4.69, 9.17) is 0 Å². The Balaban J connectivity index is 1.47. The average molecular weight is 387 g/mol. The summed E-state index contributed by atoms with van der Waals surface area (Å²) < 4.78 is 0. The van der Waals surface area contributed by atoms with E-state index in [9.17, 15) is 5.11 Å². The van der Waals surface area contributed by atoms with Gasteiger partial charge in [0.05, 0.1) is 6.10 Å². The standard InChI is InChI=1S/C26H30N2O/c29-26(24-14-8-3-9-15-24)18-25-21-27(19-22-10-4-1-5-11-22)16-17-28(25)20-23-12-6-2-7-13-23/h1-15,25-26,29H,16-21H2/t25-,26?/m0/s1. The molecule has 0 bridgehead atoms. The Morgan fingerprint density at radius 1 is 0.724 bits per heavy atom. The highest BCUT2D eigenvalue weighted by atomic mass is 16.3. The first kappa shape index (κ1) is 19.8. The number of piperazine rings is 1. The Morgan fingerprint density at radius 2 is 1.28 bits per heavy atom. The van der Waals surface area contributed by atoms with E-state index >= 15 is 0 Å². The van der Waals surface area contributed by atoms with Crippen molar-refractivity contribution in [2.45, 2.75) is 31.7 Å². The van der Waals surface area contributed by atoms with Crippen molar-refractivity contribution in [3.8, 4) is 0 Å². The van der Waals surface area contributed by atoms with Crippen LogP contribution < -0.4 is 0 Å². The lowest BCUT2D eigenvalue weighted by molar-refractivity contribution is 0.0299. The van der Waals surface area contributed by atoms with Crippen LogP contribution in [0.25, 0.3) is 0 Å². The van der Waals surface area contributed by atoms with E-state index in [1.807, 2.05) is 30.3 Å². The molecule has 29 heavy (non-hydrogen) atoms. The summed E-state index contributed by atoms with van der Waals surface area (Å²) in [6.45, 7) is 4.96. The second-order valence-corrected chi connectivity index (χ2v) is 7.99. The fourth-order valence-corrected chi connectivity index (χ4v) is 4.26. The van der Waals surface area contributed by atoms with Crippen LogP contribution in [0.3, 0.4) is 0 Å². The van der Waals surface area contributed by atoms with Gasteiger partial charge in [-0.3, -0.25) is 9.80 Å². The minimum atomic E-state index is -0.434. The minimum Gasteiger partial charge on any atom is -0.388 e. The van der Waals surface area contributed by atoms with Gasteiger partial charge in [-0.15, -0.1) is 0 Å². The van der Waals surface area contributed by atoms with Gasteiger partial charge < -0.3 is 5.11 Å². The van der Waals surface area contributed by atoms with Gasteiger partial charge in [-0.2, -0.15) is 0 Å². The van der Waals surface area contributed by atoms with Crippen LogP contribution in [0.15, 0.2) is 91.0 Å². The highest BCUT2D eigenvalue weighted by molar-refractivity contribution is 5.19. The zero-order valence-corrected chi connectivity index (χ0v) is 16.9. The van der Waals surface area contributed by atoms with Crippen LogP contribution in [-0.4, -0.2) is 40.6 Å². The minimum absolute atomic E-state index is 0.322. The summed E-state index contributed by atoms with van der Waals surface area (Å²) in [6.07, 6.45) is 0.318. The van der Waals surface area contributed by atoms with Crippen molar-refractivity contribution in [2.24, 2.45) is 0 Å². The van der Waals surface area contributed by atoms with Crippen molar-refractivity contribution < 1.29 is 5.11 Å². The van der Waals surface area contributed by atoms with Gasteiger partial charge in [-0.05, 0) is 23.1 Å². The molecule has 1 saturated heterocycles. The molecule has 1 N–H and O–H groups in total. The van der Waals surface area contributed by atoms with Gasteiger partial charge in [0, 0.05) is 38.8 Å². The lowest BCUT2D eigenvalue weighted by Gasteiger charge is -2.42. The monoisotopic (exact) mass is 386 g/mol. The molecule has 1 aliphatic heterocycles. The highest BCUT2D eigenvalue weighted by Gasteiger charge is 2.29. The summed E-state index contributed by atoms with van der Waals surface area (Å²) in [5, 5.41) is 10.9. The maximum absolute atomic E-state index is 10.9. The van der Waals surface area contributed by atoms with Gasteiger partial charge in [0.2, 0.25) is 0 Å². The van der Waals surface area contributed by atoms with Crippen molar-refractivity contribution in [1.29, 1.82) is 0 Å². The molecule has 150 valence electrons. The van der Waals surface area contributed by atoms with Gasteiger partial charge in [0.25, 0.3) is 0 Å². The van der Waals surface area contributed by atoms with Gasteiger partial charge in [-0.1, -0.05) is 91.0 Å². The quantitative estimate of drug-likeness (QED) is 0.648. The molecular weight excluding hydrogens is 356 g/mol. The largest absolute Gasteiger partial charge is 0.388 e. The average Bonchev–Trinajstić information content (AvgIpc) is 2.77. The van der Waals surface area contributed by atoms with Crippen LogP contribution >= 0.6 is 0 Å². The van der Waals surface area contributed by atoms with Crippen molar-refractivity contribution in [1.82, 2.24) is 9.80 Å². The van der Waals surface area contributed by atoms with E-state index in [0.29, 0.717) is 6.04 Å². The summed E-state index contributed by atoms with van der Waals surface area (Å²) in [6, 6.07) is 31.7. The van der Waals surface area contributed by atoms with Gasteiger partial charge in [0.1, 0.15) is 0 Å². The third-order valence-electron chi connectivity index (χ3n) is 5.85. The molecule has 3 heteroatoms. The number of hydrogen-bond donors (Lipinski definition) is 1. The SMILES string of the molecule is OC(C[C@H]1CN(Cc2ccccc2)CCN1Cc1ccccc1)c1ccccc1. The molecule has 1 fully saturated rings. The zero-order valence-electron chi connectivity index (χ0n) is 16.9. The van der Waals surface area contributed by atoms with Crippen molar-refractivity contribution >= 4 is 0 Å². The van der Waals surface area contributed by atoms with Crippen LogP contribution in [0.5, 0.6) is 0 Å². The number of nitrogens with zero attached hydrogens (tertiary/aromatic N) is 2. The molecule has 3 aromatic rings. The topological polar surface area (TPSA) is 26.7 Å². The molecule has 0 radical (unpaired) electrons. The number of benzene rings is 3. The number of rotatable bonds is 7. The molecule has 3 nitrogen and oxygen atoms in total. The van der Waals surface area contributed by atoms with E-state index in [1.165, 1.54) is 11.1 Å². The fraction of sp³-hybridized carbons (Fsp3) is 0.308. The van der Waals surface area contributed by atoms with Crippen LogP contribution in [0, 0.1) is 0 Å². The molecule has 2 atom stereocenters. The second-order valence-electron chi connectivity index (χ2n) is 7.99. The smallest absolute Gasteiger partial charge is 0.0805 e. The summed E-state index contributed by atoms with van der Waals surface area (Å²) in [4.78, 5) is 5.07. The Bertz CT molecular complexity index is 854. The summed E-state index contributed by atoms with van der Waals surface area (Å²) in [5.74, 6) is 0. The lowest BCUT2D eigenvalue weighted by atomic mass is 9.98. The summed E-state index contributed by atoms with van der Waals surface area (Å²) in [7, 11) is 0. The molecule has 1 aliphatic rings. The normalized spacial score (nSPS) is 19.1. The summed E-state index contributed by atoms with van der Waals surface area (Å²) >= 11 is 0. The number of aliphatic hydroxyl groups is 1. The predicted octanol–water partition coefficient (Wildman–Crippen LogP) is 4.50. The second kappa shape index (κ2) is 9.84. The summed E-state index contributed by atoms with van der Waals surface area (Å²) in [5.41, 5.74) is 3.70. The van der Waals surface area contributed by atoms with Gasteiger partial charge in [0.15, 0.2) is 0 Å². The van der Waals surface area contributed by atoms with E-state index in [-0.39, 0.29) is 0 Å². The van der Waals surface area contributed by atoms with Gasteiger partial charge >= 0.3 is 0 Å².